The van der Waals surface area contributed by atoms with Crippen molar-refractivity contribution in [1.82, 2.24) is 9.78 Å². The molecule has 20 heavy (non-hydrogen) atoms. The molecule has 2 aromatic rings. The maximum Gasteiger partial charge on any atom is 0.0696 e. The summed E-state index contributed by atoms with van der Waals surface area (Å²) >= 11 is 3.57. The molecule has 1 aromatic carbocycles. The number of aryl methyl sites for hydroxylation is 3. The zero-order chi connectivity index (χ0) is 14.7. The summed E-state index contributed by atoms with van der Waals surface area (Å²) in [5.74, 6) is 0. The molecule has 0 amide bonds. The summed E-state index contributed by atoms with van der Waals surface area (Å²) in [6, 6.07) is 6.56. The molecular weight excluding hydrogens is 314 g/mol. The summed E-state index contributed by atoms with van der Waals surface area (Å²) in [4.78, 5) is 0. The lowest BCUT2D eigenvalue weighted by molar-refractivity contribution is 0.536. The predicted octanol–water partition coefficient (Wildman–Crippen LogP) is 3.91. The first kappa shape index (κ1) is 15.3. The zero-order valence-electron chi connectivity index (χ0n) is 12.4. The quantitative estimate of drug-likeness (QED) is 0.899. The topological polar surface area (TPSA) is 43.8 Å². The van der Waals surface area contributed by atoms with Gasteiger partial charge in [0.2, 0.25) is 0 Å². The Morgan fingerprint density at radius 2 is 1.90 bits per heavy atom. The Labute approximate surface area is 129 Å². The number of halogens is 1. The first-order valence-corrected chi connectivity index (χ1v) is 7.84. The summed E-state index contributed by atoms with van der Waals surface area (Å²) in [5, 5.41) is 4.39. The summed E-state index contributed by atoms with van der Waals surface area (Å²) in [6.07, 6.45) is 3.72. The number of rotatable bonds is 5. The fourth-order valence-electron chi connectivity index (χ4n) is 2.67. The molecule has 1 aromatic heterocycles. The monoisotopic (exact) mass is 335 g/mol. The minimum atomic E-state index is -0.0420. The Morgan fingerprint density at radius 3 is 2.50 bits per heavy atom. The second-order valence-electron chi connectivity index (χ2n) is 5.41. The highest BCUT2D eigenvalue weighted by Crippen LogP contribution is 2.25. The molecule has 2 rings (SSSR count). The van der Waals surface area contributed by atoms with Crippen molar-refractivity contribution < 1.29 is 0 Å². The third kappa shape index (κ3) is 3.49. The Hall–Kier alpha value is -1.13. The van der Waals surface area contributed by atoms with Crippen LogP contribution in [0.5, 0.6) is 0 Å². The zero-order valence-corrected chi connectivity index (χ0v) is 13.9. The molecule has 0 aliphatic rings. The molecule has 1 unspecified atom stereocenters. The van der Waals surface area contributed by atoms with Crippen LogP contribution in [-0.2, 0) is 13.0 Å². The number of hydrogen-bond donors (Lipinski definition) is 1. The average Bonchev–Trinajstić information content (AvgIpc) is 2.69. The van der Waals surface area contributed by atoms with Crippen LogP contribution in [0.4, 0.5) is 0 Å². The van der Waals surface area contributed by atoms with Crippen molar-refractivity contribution in [3.63, 3.8) is 0 Å². The van der Waals surface area contributed by atoms with Crippen molar-refractivity contribution in [2.75, 3.05) is 0 Å². The molecule has 3 nitrogen and oxygen atoms in total. The van der Waals surface area contributed by atoms with Gasteiger partial charge in [-0.25, -0.2) is 0 Å². The van der Waals surface area contributed by atoms with Gasteiger partial charge in [0, 0.05) is 6.54 Å². The van der Waals surface area contributed by atoms with E-state index < -0.39 is 0 Å². The van der Waals surface area contributed by atoms with E-state index in [2.05, 4.69) is 60.0 Å². The summed E-state index contributed by atoms with van der Waals surface area (Å²) in [6.45, 7) is 7.30. The van der Waals surface area contributed by atoms with Gasteiger partial charge in [0.05, 0.1) is 22.4 Å². The fraction of sp³-hybridized carbons (Fsp3) is 0.438. The molecule has 1 heterocycles. The van der Waals surface area contributed by atoms with E-state index in [0.717, 1.165) is 29.6 Å². The van der Waals surface area contributed by atoms with E-state index in [1.54, 1.807) is 0 Å². The van der Waals surface area contributed by atoms with Gasteiger partial charge in [0.1, 0.15) is 0 Å². The van der Waals surface area contributed by atoms with Crippen molar-refractivity contribution in [3.05, 3.63) is 51.3 Å². The van der Waals surface area contributed by atoms with Gasteiger partial charge in [-0.05, 0) is 48.2 Å². The van der Waals surface area contributed by atoms with Gasteiger partial charge < -0.3 is 5.73 Å². The van der Waals surface area contributed by atoms with Crippen LogP contribution in [0.2, 0.25) is 0 Å². The number of hydrogen-bond acceptors (Lipinski definition) is 2. The number of aromatic nitrogens is 2. The van der Waals surface area contributed by atoms with Crippen molar-refractivity contribution in [2.24, 2.45) is 5.73 Å². The molecule has 0 bridgehead atoms. The van der Waals surface area contributed by atoms with E-state index in [0.29, 0.717) is 0 Å². The van der Waals surface area contributed by atoms with Gasteiger partial charge in [0.15, 0.2) is 0 Å². The summed E-state index contributed by atoms with van der Waals surface area (Å²) in [5.41, 5.74) is 11.4. The van der Waals surface area contributed by atoms with Crippen molar-refractivity contribution >= 4 is 15.9 Å². The third-order valence-electron chi connectivity index (χ3n) is 3.36. The summed E-state index contributed by atoms with van der Waals surface area (Å²) in [7, 11) is 0. The van der Waals surface area contributed by atoms with E-state index in [-0.39, 0.29) is 6.04 Å². The van der Waals surface area contributed by atoms with E-state index in [9.17, 15) is 0 Å². The third-order valence-corrected chi connectivity index (χ3v) is 3.97. The standard InChI is InChI=1S/C16H22BrN3/c1-4-5-20-16(14(17)10-19-20)15(18)9-13-7-11(2)6-12(3)8-13/h6-8,10,15H,4-5,9,18H2,1-3H3. The van der Waals surface area contributed by atoms with Crippen LogP contribution in [-0.4, -0.2) is 9.78 Å². The van der Waals surface area contributed by atoms with Gasteiger partial charge in [-0.2, -0.15) is 5.10 Å². The van der Waals surface area contributed by atoms with Gasteiger partial charge in [-0.3, -0.25) is 4.68 Å². The van der Waals surface area contributed by atoms with Crippen LogP contribution in [0.1, 0.15) is 41.8 Å². The van der Waals surface area contributed by atoms with Crippen LogP contribution in [0, 0.1) is 13.8 Å². The van der Waals surface area contributed by atoms with Crippen LogP contribution < -0.4 is 5.73 Å². The van der Waals surface area contributed by atoms with E-state index in [4.69, 9.17) is 5.73 Å². The average molecular weight is 336 g/mol. The highest BCUT2D eigenvalue weighted by molar-refractivity contribution is 9.10. The first-order valence-electron chi connectivity index (χ1n) is 7.05. The molecule has 0 radical (unpaired) electrons. The van der Waals surface area contributed by atoms with Crippen LogP contribution in [0.15, 0.2) is 28.9 Å². The van der Waals surface area contributed by atoms with Crippen molar-refractivity contribution in [3.8, 4) is 0 Å². The molecule has 108 valence electrons. The number of nitrogens with zero attached hydrogens (tertiary/aromatic N) is 2. The Kier molecular flexibility index (Phi) is 5.00. The Morgan fingerprint density at radius 1 is 1.25 bits per heavy atom. The van der Waals surface area contributed by atoms with Gasteiger partial charge in [-0.15, -0.1) is 0 Å². The summed E-state index contributed by atoms with van der Waals surface area (Å²) < 4.78 is 3.01. The fourth-order valence-corrected chi connectivity index (χ4v) is 3.26. The molecule has 0 saturated heterocycles. The normalized spacial score (nSPS) is 12.7. The number of nitrogens with two attached hydrogens (primary N) is 1. The lowest BCUT2D eigenvalue weighted by Gasteiger charge is -2.16. The predicted molar refractivity (Wildman–Crippen MR) is 86.8 cm³/mol. The molecule has 2 N–H and O–H groups in total. The van der Waals surface area contributed by atoms with Crippen LogP contribution >= 0.6 is 15.9 Å². The van der Waals surface area contributed by atoms with Crippen LogP contribution in [0.3, 0.4) is 0 Å². The van der Waals surface area contributed by atoms with Crippen molar-refractivity contribution in [2.45, 2.75) is 46.2 Å². The van der Waals surface area contributed by atoms with Gasteiger partial charge in [0.25, 0.3) is 0 Å². The second kappa shape index (κ2) is 6.55. The highest BCUT2D eigenvalue weighted by atomic mass is 79.9. The molecule has 0 aliphatic carbocycles. The molecule has 0 fully saturated rings. The molecule has 4 heteroatoms. The SMILES string of the molecule is CCCn1ncc(Br)c1C(N)Cc1cc(C)cc(C)c1. The minimum Gasteiger partial charge on any atom is -0.322 e. The lowest BCUT2D eigenvalue weighted by atomic mass is 10.00. The minimum absolute atomic E-state index is 0.0420. The van der Waals surface area contributed by atoms with Gasteiger partial charge >= 0.3 is 0 Å². The molecule has 0 aliphatic heterocycles. The number of benzene rings is 1. The first-order chi connectivity index (χ1) is 9.51. The smallest absolute Gasteiger partial charge is 0.0696 e. The highest BCUT2D eigenvalue weighted by Gasteiger charge is 2.17. The van der Waals surface area contributed by atoms with Crippen LogP contribution in [0.25, 0.3) is 0 Å². The molecule has 0 saturated carbocycles. The Balaban J connectivity index is 2.23. The largest absolute Gasteiger partial charge is 0.322 e. The molecular formula is C16H22BrN3. The van der Waals surface area contributed by atoms with E-state index in [1.165, 1.54) is 16.7 Å². The maximum absolute atomic E-state index is 6.41. The second-order valence-corrected chi connectivity index (χ2v) is 6.26. The lowest BCUT2D eigenvalue weighted by Crippen LogP contribution is -2.19. The van der Waals surface area contributed by atoms with E-state index in [1.807, 2.05) is 10.9 Å². The molecule has 1 atom stereocenters. The maximum atomic E-state index is 6.41. The molecule has 0 spiro atoms. The van der Waals surface area contributed by atoms with Gasteiger partial charge in [-0.1, -0.05) is 36.2 Å². The Bertz CT molecular complexity index is 569. The van der Waals surface area contributed by atoms with Crippen molar-refractivity contribution in [1.29, 1.82) is 0 Å². The van der Waals surface area contributed by atoms with E-state index >= 15 is 0 Å².